The van der Waals surface area contributed by atoms with Gasteiger partial charge in [-0.1, -0.05) is 12.1 Å². The number of ether oxygens (including phenoxy) is 1. The zero-order valence-corrected chi connectivity index (χ0v) is 17.4. The van der Waals surface area contributed by atoms with E-state index in [9.17, 15) is 18.4 Å². The number of carbonyl (C=O) groups excluding carboxylic acids is 2. The molecule has 2 heterocycles. The molecule has 1 aliphatic rings. The number of nitrogens with zero attached hydrogens (tertiary/aromatic N) is 2. The Morgan fingerprint density at radius 1 is 1.13 bits per heavy atom. The van der Waals surface area contributed by atoms with Crippen molar-refractivity contribution in [3.63, 3.8) is 0 Å². The van der Waals surface area contributed by atoms with Crippen molar-refractivity contribution in [1.82, 2.24) is 15.2 Å². The molecule has 0 aliphatic carbocycles. The van der Waals surface area contributed by atoms with E-state index in [4.69, 9.17) is 4.98 Å². The lowest BCUT2D eigenvalue weighted by molar-refractivity contribution is -0.131. The van der Waals surface area contributed by atoms with Gasteiger partial charge in [0.05, 0.1) is 21.8 Å². The summed E-state index contributed by atoms with van der Waals surface area (Å²) in [6, 6.07) is 13.4. The van der Waals surface area contributed by atoms with Crippen LogP contribution in [0.25, 0.3) is 10.2 Å². The van der Waals surface area contributed by atoms with Crippen molar-refractivity contribution in [3.05, 3.63) is 59.1 Å². The van der Waals surface area contributed by atoms with Gasteiger partial charge in [0.2, 0.25) is 5.91 Å². The smallest absolute Gasteiger partial charge is 0.387 e. The predicted molar refractivity (Wildman–Crippen MR) is 114 cm³/mol. The quantitative estimate of drug-likeness (QED) is 0.622. The summed E-state index contributed by atoms with van der Waals surface area (Å²) in [6.07, 6.45) is 1.68. The van der Waals surface area contributed by atoms with Crippen LogP contribution in [0.5, 0.6) is 5.75 Å². The Morgan fingerprint density at radius 3 is 2.52 bits per heavy atom. The van der Waals surface area contributed by atoms with Gasteiger partial charge in [0.15, 0.2) is 0 Å². The lowest BCUT2D eigenvalue weighted by Gasteiger charge is -2.31. The predicted octanol–water partition coefficient (Wildman–Crippen LogP) is 4.03. The molecule has 0 radical (unpaired) electrons. The molecule has 2 amide bonds. The topological polar surface area (TPSA) is 71.5 Å². The van der Waals surface area contributed by atoms with Gasteiger partial charge in [0.25, 0.3) is 5.91 Å². The molecule has 1 aliphatic heterocycles. The minimum Gasteiger partial charge on any atom is -0.435 e. The normalized spacial score (nSPS) is 14.7. The lowest BCUT2D eigenvalue weighted by Crippen LogP contribution is -2.43. The number of carbonyl (C=O) groups is 2. The van der Waals surface area contributed by atoms with E-state index >= 15 is 0 Å². The van der Waals surface area contributed by atoms with Crippen molar-refractivity contribution in [2.75, 3.05) is 19.6 Å². The maximum absolute atomic E-state index is 12.5. The molecule has 3 aromatic rings. The van der Waals surface area contributed by atoms with E-state index in [0.29, 0.717) is 19.0 Å². The highest BCUT2D eigenvalue weighted by Gasteiger charge is 2.26. The fourth-order valence-corrected chi connectivity index (χ4v) is 4.73. The van der Waals surface area contributed by atoms with E-state index in [2.05, 4.69) is 16.1 Å². The Bertz CT molecular complexity index is 1030. The number of thiazole rings is 1. The van der Waals surface area contributed by atoms with Gasteiger partial charge in [-0.3, -0.25) is 9.59 Å². The largest absolute Gasteiger partial charge is 0.435 e. The molecule has 0 bridgehead atoms. The Hall–Kier alpha value is -3.07. The molecule has 0 unspecified atom stereocenters. The number of amides is 2. The Morgan fingerprint density at radius 2 is 1.84 bits per heavy atom. The second-order valence-electron chi connectivity index (χ2n) is 7.26. The highest BCUT2D eigenvalue weighted by Crippen LogP contribution is 2.33. The number of likely N-dealkylation sites (tertiary alicyclic amines) is 1. The number of hydrogen-bond acceptors (Lipinski definition) is 5. The molecule has 1 fully saturated rings. The monoisotopic (exact) mass is 445 g/mol. The summed E-state index contributed by atoms with van der Waals surface area (Å²) in [6.45, 7) is -1.79. The molecule has 9 heteroatoms. The number of nitrogens with one attached hydrogen (secondary N) is 1. The van der Waals surface area contributed by atoms with E-state index in [1.807, 2.05) is 18.2 Å². The van der Waals surface area contributed by atoms with E-state index in [1.165, 1.54) is 29.0 Å². The van der Waals surface area contributed by atoms with Gasteiger partial charge in [-0.05, 0) is 49.2 Å². The van der Waals surface area contributed by atoms with Gasteiger partial charge in [0, 0.05) is 24.6 Å². The van der Waals surface area contributed by atoms with E-state index in [1.54, 1.807) is 16.2 Å². The summed E-state index contributed by atoms with van der Waals surface area (Å²) in [4.78, 5) is 31.2. The molecule has 4 rings (SSSR count). The van der Waals surface area contributed by atoms with Gasteiger partial charge in [-0.2, -0.15) is 8.78 Å². The Balaban J connectivity index is 1.25. The minimum absolute atomic E-state index is 0.0291. The summed E-state index contributed by atoms with van der Waals surface area (Å²) in [5, 5.41) is 3.70. The number of hydrogen-bond donors (Lipinski definition) is 1. The molecule has 31 heavy (non-hydrogen) atoms. The summed E-state index contributed by atoms with van der Waals surface area (Å²) in [5.74, 6) is -0.279. The molecule has 1 aromatic heterocycles. The SMILES string of the molecule is O=C(NCC(=O)N1CCC(c2nc3ccccc3s2)CC1)c1ccc(OC(F)F)cc1. The van der Waals surface area contributed by atoms with Gasteiger partial charge >= 0.3 is 6.61 Å². The first-order chi connectivity index (χ1) is 15.0. The molecule has 2 aromatic carbocycles. The molecule has 0 saturated carbocycles. The van der Waals surface area contributed by atoms with Crippen LogP contribution < -0.4 is 10.1 Å². The second kappa shape index (κ2) is 9.38. The maximum atomic E-state index is 12.5. The maximum Gasteiger partial charge on any atom is 0.387 e. The number of piperidine rings is 1. The summed E-state index contributed by atoms with van der Waals surface area (Å²) in [5.41, 5.74) is 1.28. The van der Waals surface area contributed by atoms with Crippen LogP contribution in [-0.2, 0) is 4.79 Å². The first kappa shape index (κ1) is 21.2. The number of para-hydroxylation sites is 1. The zero-order chi connectivity index (χ0) is 21.8. The second-order valence-corrected chi connectivity index (χ2v) is 8.32. The van der Waals surface area contributed by atoms with Gasteiger partial charge in [-0.15, -0.1) is 11.3 Å². The fourth-order valence-electron chi connectivity index (χ4n) is 3.60. The summed E-state index contributed by atoms with van der Waals surface area (Å²) >= 11 is 1.71. The van der Waals surface area contributed by atoms with Crippen LogP contribution in [0.15, 0.2) is 48.5 Å². The van der Waals surface area contributed by atoms with E-state index in [-0.39, 0.29) is 23.8 Å². The third-order valence-electron chi connectivity index (χ3n) is 5.25. The standard InChI is InChI=1S/C22H21F2N3O3S/c23-22(24)30-16-7-5-14(6-8-16)20(29)25-13-19(28)27-11-9-15(10-12-27)21-26-17-3-1-2-4-18(17)31-21/h1-8,15,22H,9-13H2,(H,25,29). The highest BCUT2D eigenvalue weighted by atomic mass is 32.1. The van der Waals surface area contributed by atoms with Crippen LogP contribution in [0.2, 0.25) is 0 Å². The molecule has 1 N–H and O–H groups in total. The zero-order valence-electron chi connectivity index (χ0n) is 16.6. The average Bonchev–Trinajstić information content (AvgIpc) is 3.22. The highest BCUT2D eigenvalue weighted by molar-refractivity contribution is 7.18. The van der Waals surface area contributed by atoms with Crippen LogP contribution in [0, 0.1) is 0 Å². The van der Waals surface area contributed by atoms with E-state index in [0.717, 1.165) is 23.4 Å². The number of halogens is 2. The average molecular weight is 445 g/mol. The Kier molecular flexibility index (Phi) is 6.41. The third kappa shape index (κ3) is 5.16. The Labute approximate surface area is 181 Å². The van der Waals surface area contributed by atoms with Crippen molar-refractivity contribution in [3.8, 4) is 5.75 Å². The third-order valence-corrected chi connectivity index (χ3v) is 6.45. The number of alkyl halides is 2. The summed E-state index contributed by atoms with van der Waals surface area (Å²) in [7, 11) is 0. The number of rotatable bonds is 6. The number of benzene rings is 2. The van der Waals surface area contributed by atoms with Crippen LogP contribution in [0.4, 0.5) is 8.78 Å². The van der Waals surface area contributed by atoms with Crippen molar-refractivity contribution < 1.29 is 23.1 Å². The van der Waals surface area contributed by atoms with Crippen LogP contribution in [0.1, 0.15) is 34.1 Å². The molecular formula is C22H21F2N3O3S. The first-order valence-electron chi connectivity index (χ1n) is 9.96. The van der Waals surface area contributed by atoms with E-state index < -0.39 is 12.5 Å². The molecular weight excluding hydrogens is 424 g/mol. The summed E-state index contributed by atoms with van der Waals surface area (Å²) < 4.78 is 29.8. The van der Waals surface area contributed by atoms with Crippen molar-refractivity contribution >= 4 is 33.4 Å². The lowest BCUT2D eigenvalue weighted by atomic mass is 9.97. The molecule has 1 saturated heterocycles. The molecule has 162 valence electrons. The fraction of sp³-hybridized carbons (Fsp3) is 0.318. The van der Waals surface area contributed by atoms with Crippen LogP contribution in [-0.4, -0.2) is 47.9 Å². The van der Waals surface area contributed by atoms with Crippen molar-refractivity contribution in [1.29, 1.82) is 0 Å². The molecule has 0 atom stereocenters. The van der Waals surface area contributed by atoms with Crippen LogP contribution in [0.3, 0.4) is 0 Å². The molecule has 0 spiro atoms. The van der Waals surface area contributed by atoms with Crippen molar-refractivity contribution in [2.45, 2.75) is 25.4 Å². The minimum atomic E-state index is -2.92. The first-order valence-corrected chi connectivity index (χ1v) is 10.8. The van der Waals surface area contributed by atoms with Gasteiger partial charge < -0.3 is 15.0 Å². The van der Waals surface area contributed by atoms with Gasteiger partial charge in [-0.25, -0.2) is 4.98 Å². The number of fused-ring (bicyclic) bond motifs is 1. The van der Waals surface area contributed by atoms with Crippen LogP contribution >= 0.6 is 11.3 Å². The molecule has 6 nitrogen and oxygen atoms in total. The number of aromatic nitrogens is 1. The van der Waals surface area contributed by atoms with Crippen molar-refractivity contribution in [2.24, 2.45) is 0 Å². The van der Waals surface area contributed by atoms with Gasteiger partial charge in [0.1, 0.15) is 5.75 Å².